The lowest BCUT2D eigenvalue weighted by molar-refractivity contribution is -0.131. The first-order chi connectivity index (χ1) is 10.6. The third kappa shape index (κ3) is 4.55. The van der Waals surface area contributed by atoms with Crippen LogP contribution in [0.3, 0.4) is 0 Å². The highest BCUT2D eigenvalue weighted by Crippen LogP contribution is 2.11. The number of esters is 1. The number of hydrogen-bond acceptors (Lipinski definition) is 6. The van der Waals surface area contributed by atoms with Crippen LogP contribution in [0.2, 0.25) is 0 Å². The monoisotopic (exact) mass is 300 g/mol. The predicted molar refractivity (Wildman–Crippen MR) is 83.2 cm³/mol. The maximum absolute atomic E-state index is 11.4. The number of benzene rings is 1. The van der Waals surface area contributed by atoms with Gasteiger partial charge in [-0.05, 0) is 36.2 Å². The van der Waals surface area contributed by atoms with Crippen LogP contribution in [0.4, 0.5) is 5.95 Å². The zero-order valence-corrected chi connectivity index (χ0v) is 12.3. The number of aromatic nitrogens is 2. The number of ether oxygens (including phenoxy) is 1. The van der Waals surface area contributed by atoms with Gasteiger partial charge in [-0.1, -0.05) is 6.92 Å². The fourth-order valence-electron chi connectivity index (χ4n) is 1.70. The van der Waals surface area contributed by atoms with E-state index in [1.165, 1.54) is 13.0 Å². The second-order valence-corrected chi connectivity index (χ2v) is 4.47. The van der Waals surface area contributed by atoms with Crippen molar-refractivity contribution in [1.82, 2.24) is 9.97 Å². The highest BCUT2D eigenvalue weighted by atomic mass is 16.5. The molecule has 0 bridgehead atoms. The van der Waals surface area contributed by atoms with Crippen LogP contribution in [0, 0.1) is 0 Å². The van der Waals surface area contributed by atoms with Crippen molar-refractivity contribution in [2.45, 2.75) is 20.3 Å². The summed E-state index contributed by atoms with van der Waals surface area (Å²) in [5.74, 6) is 0.394. The zero-order valence-electron chi connectivity index (χ0n) is 12.3. The van der Waals surface area contributed by atoms with Gasteiger partial charge in [0.05, 0.1) is 6.21 Å². The second kappa shape index (κ2) is 7.16. The molecule has 0 saturated carbocycles. The normalized spacial score (nSPS) is 10.6. The number of hydrogen-bond donors (Lipinski definition) is 2. The predicted octanol–water partition coefficient (Wildman–Crippen LogP) is 1.70. The van der Waals surface area contributed by atoms with E-state index in [4.69, 9.17) is 4.74 Å². The van der Waals surface area contributed by atoms with Crippen LogP contribution in [0.5, 0.6) is 5.75 Å². The summed E-state index contributed by atoms with van der Waals surface area (Å²) in [6, 6.07) is 8.29. The summed E-state index contributed by atoms with van der Waals surface area (Å²) in [6.45, 7) is 3.26. The van der Waals surface area contributed by atoms with Crippen LogP contribution in [-0.2, 0) is 11.2 Å². The Balaban J connectivity index is 2.01. The van der Waals surface area contributed by atoms with Crippen LogP contribution in [0.1, 0.15) is 25.1 Å². The van der Waals surface area contributed by atoms with Gasteiger partial charge in [-0.2, -0.15) is 5.10 Å². The minimum absolute atomic E-state index is 0.227. The summed E-state index contributed by atoms with van der Waals surface area (Å²) in [6.07, 6.45) is 2.23. The number of carbonyl (C=O) groups is 1. The molecule has 2 rings (SSSR count). The summed E-state index contributed by atoms with van der Waals surface area (Å²) in [5, 5.41) is 4.00. The molecule has 1 aromatic carbocycles. The Bertz CT molecular complexity index is 735. The second-order valence-electron chi connectivity index (χ2n) is 4.47. The first kappa shape index (κ1) is 15.4. The summed E-state index contributed by atoms with van der Waals surface area (Å²) < 4.78 is 4.93. The molecule has 0 aliphatic heterocycles. The maximum Gasteiger partial charge on any atom is 0.308 e. The molecule has 7 heteroatoms. The van der Waals surface area contributed by atoms with Crippen LogP contribution in [0.15, 0.2) is 40.2 Å². The highest BCUT2D eigenvalue weighted by molar-refractivity contribution is 5.80. The number of anilines is 1. The van der Waals surface area contributed by atoms with E-state index in [0.29, 0.717) is 17.9 Å². The molecule has 1 aromatic heterocycles. The van der Waals surface area contributed by atoms with Crippen molar-refractivity contribution in [3.63, 3.8) is 0 Å². The Hall–Kier alpha value is -2.96. The van der Waals surface area contributed by atoms with E-state index in [-0.39, 0.29) is 17.5 Å². The maximum atomic E-state index is 11.4. The molecule has 0 amide bonds. The molecule has 0 radical (unpaired) electrons. The van der Waals surface area contributed by atoms with E-state index < -0.39 is 0 Å². The molecule has 0 saturated heterocycles. The van der Waals surface area contributed by atoms with Crippen molar-refractivity contribution < 1.29 is 9.53 Å². The van der Waals surface area contributed by atoms with Crippen molar-refractivity contribution in [2.24, 2.45) is 5.10 Å². The van der Waals surface area contributed by atoms with Crippen molar-refractivity contribution in [3.8, 4) is 5.75 Å². The summed E-state index contributed by atoms with van der Waals surface area (Å²) in [7, 11) is 0. The van der Waals surface area contributed by atoms with E-state index in [0.717, 1.165) is 5.56 Å². The third-order valence-corrected chi connectivity index (χ3v) is 2.68. The largest absolute Gasteiger partial charge is 0.427 e. The van der Waals surface area contributed by atoms with E-state index >= 15 is 0 Å². The Morgan fingerprint density at radius 3 is 2.77 bits per heavy atom. The minimum atomic E-state index is -0.367. The molecular weight excluding hydrogens is 284 g/mol. The molecule has 0 fully saturated rings. The van der Waals surface area contributed by atoms with Gasteiger partial charge in [0.25, 0.3) is 5.56 Å². The summed E-state index contributed by atoms with van der Waals surface area (Å²) in [4.78, 5) is 29.0. The quantitative estimate of drug-likeness (QED) is 0.379. The lowest BCUT2D eigenvalue weighted by Gasteiger charge is -2.02. The summed E-state index contributed by atoms with van der Waals surface area (Å²) >= 11 is 0. The Kier molecular flexibility index (Phi) is 5.02. The molecular formula is C15H16N4O3. The number of rotatable bonds is 5. The molecule has 0 aliphatic carbocycles. The van der Waals surface area contributed by atoms with Gasteiger partial charge in [0.15, 0.2) is 0 Å². The van der Waals surface area contributed by atoms with Gasteiger partial charge >= 0.3 is 5.97 Å². The fraction of sp³-hybridized carbons (Fsp3) is 0.200. The minimum Gasteiger partial charge on any atom is -0.427 e. The molecule has 7 nitrogen and oxygen atoms in total. The van der Waals surface area contributed by atoms with Gasteiger partial charge < -0.3 is 4.74 Å². The lowest BCUT2D eigenvalue weighted by Crippen LogP contribution is -2.11. The number of nitrogens with zero attached hydrogens (tertiary/aromatic N) is 2. The van der Waals surface area contributed by atoms with Crippen LogP contribution < -0.4 is 15.7 Å². The van der Waals surface area contributed by atoms with Crippen LogP contribution >= 0.6 is 0 Å². The molecule has 0 atom stereocenters. The van der Waals surface area contributed by atoms with Gasteiger partial charge in [-0.25, -0.2) is 10.4 Å². The highest BCUT2D eigenvalue weighted by Gasteiger charge is 1.99. The Morgan fingerprint density at radius 1 is 1.41 bits per heavy atom. The number of hydrazone groups is 1. The molecule has 0 aliphatic rings. The molecule has 2 aromatic rings. The number of aryl methyl sites for hydroxylation is 1. The fourth-order valence-corrected chi connectivity index (χ4v) is 1.70. The molecule has 1 heterocycles. The smallest absolute Gasteiger partial charge is 0.308 e. The SMILES string of the molecule is CCc1cc(=O)[nH]c(N/N=C\c2ccc(OC(C)=O)cc2)n1. The number of H-pyrrole nitrogens is 1. The van der Waals surface area contributed by atoms with Gasteiger partial charge in [0.1, 0.15) is 5.75 Å². The summed E-state index contributed by atoms with van der Waals surface area (Å²) in [5.41, 5.74) is 3.94. The van der Waals surface area contributed by atoms with E-state index in [2.05, 4.69) is 20.5 Å². The molecule has 22 heavy (non-hydrogen) atoms. The van der Waals surface area contributed by atoms with Crippen LogP contribution in [-0.4, -0.2) is 22.2 Å². The number of carbonyl (C=O) groups excluding carboxylic acids is 1. The average molecular weight is 300 g/mol. The van der Waals surface area contributed by atoms with Crippen molar-refractivity contribution >= 4 is 18.1 Å². The number of nitrogens with one attached hydrogen (secondary N) is 2. The number of aromatic amines is 1. The zero-order chi connectivity index (χ0) is 15.9. The van der Waals surface area contributed by atoms with Gasteiger partial charge in [0.2, 0.25) is 5.95 Å². The van der Waals surface area contributed by atoms with Crippen molar-refractivity contribution in [1.29, 1.82) is 0 Å². The topological polar surface area (TPSA) is 96.4 Å². The molecule has 114 valence electrons. The standard InChI is InChI=1S/C15H16N4O3/c1-3-12-8-14(21)18-15(17-12)19-16-9-11-4-6-13(7-5-11)22-10(2)20/h4-9H,3H2,1-2H3,(H2,17,18,19,21)/b16-9-. The van der Waals surface area contributed by atoms with Crippen LogP contribution in [0.25, 0.3) is 0 Å². The van der Waals surface area contributed by atoms with Crippen molar-refractivity contribution in [3.05, 3.63) is 51.9 Å². The van der Waals surface area contributed by atoms with E-state index in [9.17, 15) is 9.59 Å². The lowest BCUT2D eigenvalue weighted by atomic mass is 10.2. The first-order valence-electron chi connectivity index (χ1n) is 6.74. The molecule has 0 unspecified atom stereocenters. The van der Waals surface area contributed by atoms with E-state index in [1.807, 2.05) is 6.92 Å². The third-order valence-electron chi connectivity index (χ3n) is 2.68. The molecule has 0 spiro atoms. The molecule has 2 N–H and O–H groups in total. The van der Waals surface area contributed by atoms with Crippen molar-refractivity contribution in [2.75, 3.05) is 5.43 Å². The van der Waals surface area contributed by atoms with Gasteiger partial charge in [-0.15, -0.1) is 0 Å². The Labute approximate surface area is 127 Å². The van der Waals surface area contributed by atoms with E-state index in [1.54, 1.807) is 30.5 Å². The Morgan fingerprint density at radius 2 is 2.14 bits per heavy atom. The van der Waals surface area contributed by atoms with Gasteiger partial charge in [-0.3, -0.25) is 14.6 Å². The van der Waals surface area contributed by atoms with Gasteiger partial charge in [0, 0.05) is 18.7 Å². The first-order valence-corrected chi connectivity index (χ1v) is 6.74. The average Bonchev–Trinajstić information content (AvgIpc) is 2.48.